The number of carbonyl (C=O) groups is 1. The molecule has 5 heteroatoms. The Hall–Kier alpha value is -2.46. The lowest BCUT2D eigenvalue weighted by Gasteiger charge is -2.09. The molecular weight excluding hydrogens is 302 g/mol. The molecule has 0 unspecified atom stereocenters. The van der Waals surface area contributed by atoms with Gasteiger partial charge in [0.15, 0.2) is 5.78 Å². The van der Waals surface area contributed by atoms with Gasteiger partial charge in [0, 0.05) is 28.9 Å². The zero-order valence-corrected chi connectivity index (χ0v) is 13.1. The van der Waals surface area contributed by atoms with E-state index in [1.54, 1.807) is 62.9 Å². The lowest BCUT2D eigenvalue weighted by Crippen LogP contribution is -1.98. The molecule has 114 valence electrons. The number of hydrogen-bond donors (Lipinski definition) is 1. The number of halogens is 1. The summed E-state index contributed by atoms with van der Waals surface area (Å²) < 4.78 is 10.4. The third-order valence-electron chi connectivity index (χ3n) is 3.01. The summed E-state index contributed by atoms with van der Waals surface area (Å²) in [6.45, 7) is 0. The molecule has 0 aromatic heterocycles. The quantitative estimate of drug-likeness (QED) is 0.642. The van der Waals surface area contributed by atoms with Crippen LogP contribution < -0.4 is 14.8 Å². The van der Waals surface area contributed by atoms with Gasteiger partial charge < -0.3 is 14.8 Å². The number of rotatable bonds is 6. The Morgan fingerprint density at radius 3 is 2.45 bits per heavy atom. The molecule has 1 N–H and O–H groups in total. The number of methoxy groups -OCH3 is 2. The minimum absolute atomic E-state index is 0.119. The Morgan fingerprint density at radius 1 is 1.09 bits per heavy atom. The smallest absolute Gasteiger partial charge is 0.187 e. The van der Waals surface area contributed by atoms with E-state index in [2.05, 4.69) is 5.32 Å². The summed E-state index contributed by atoms with van der Waals surface area (Å²) in [5.41, 5.74) is 1.28. The summed E-state index contributed by atoms with van der Waals surface area (Å²) in [4.78, 5) is 12.0. The van der Waals surface area contributed by atoms with Crippen molar-refractivity contribution in [2.45, 2.75) is 0 Å². The molecule has 2 aromatic rings. The molecule has 0 amide bonds. The summed E-state index contributed by atoms with van der Waals surface area (Å²) >= 11 is 5.80. The molecule has 0 bridgehead atoms. The van der Waals surface area contributed by atoms with E-state index in [9.17, 15) is 4.79 Å². The van der Waals surface area contributed by atoms with E-state index >= 15 is 0 Å². The van der Waals surface area contributed by atoms with Gasteiger partial charge >= 0.3 is 0 Å². The first-order valence-corrected chi connectivity index (χ1v) is 6.97. The van der Waals surface area contributed by atoms with Gasteiger partial charge in [0.05, 0.1) is 19.9 Å². The van der Waals surface area contributed by atoms with Crippen molar-refractivity contribution in [3.05, 3.63) is 65.3 Å². The van der Waals surface area contributed by atoms with Crippen LogP contribution in [0.5, 0.6) is 11.5 Å². The number of anilines is 1. The molecule has 2 aromatic carbocycles. The minimum atomic E-state index is -0.119. The van der Waals surface area contributed by atoms with Crippen molar-refractivity contribution in [2.75, 3.05) is 19.5 Å². The van der Waals surface area contributed by atoms with Gasteiger partial charge in [-0.05, 0) is 36.4 Å². The van der Waals surface area contributed by atoms with Crippen molar-refractivity contribution in [1.82, 2.24) is 0 Å². The highest BCUT2D eigenvalue weighted by atomic mass is 35.5. The van der Waals surface area contributed by atoms with Gasteiger partial charge in [0.1, 0.15) is 11.5 Å². The van der Waals surface area contributed by atoms with Crippen LogP contribution >= 0.6 is 11.6 Å². The molecule has 4 nitrogen and oxygen atoms in total. The monoisotopic (exact) mass is 317 g/mol. The summed E-state index contributed by atoms with van der Waals surface area (Å²) in [6, 6.07) is 12.1. The highest BCUT2D eigenvalue weighted by Crippen LogP contribution is 2.28. The second-order valence-corrected chi connectivity index (χ2v) is 4.85. The Kier molecular flexibility index (Phi) is 5.44. The highest BCUT2D eigenvalue weighted by Gasteiger charge is 2.04. The van der Waals surface area contributed by atoms with Crippen molar-refractivity contribution in [3.8, 4) is 11.5 Å². The number of nitrogens with one attached hydrogen (secondary N) is 1. The molecule has 0 spiro atoms. The van der Waals surface area contributed by atoms with Gasteiger partial charge in [0.25, 0.3) is 0 Å². The predicted molar refractivity (Wildman–Crippen MR) is 88.1 cm³/mol. The Morgan fingerprint density at radius 2 is 1.82 bits per heavy atom. The summed E-state index contributed by atoms with van der Waals surface area (Å²) in [7, 11) is 3.17. The molecule has 0 heterocycles. The van der Waals surface area contributed by atoms with Crippen LogP contribution in [0.25, 0.3) is 0 Å². The van der Waals surface area contributed by atoms with E-state index < -0.39 is 0 Å². The zero-order valence-electron chi connectivity index (χ0n) is 12.3. The third kappa shape index (κ3) is 4.02. The van der Waals surface area contributed by atoms with Crippen LogP contribution in [-0.4, -0.2) is 20.0 Å². The van der Waals surface area contributed by atoms with E-state index in [4.69, 9.17) is 21.1 Å². The molecule has 0 saturated heterocycles. The zero-order chi connectivity index (χ0) is 15.9. The second kappa shape index (κ2) is 7.52. The standard InChI is InChI=1S/C17H16ClNO3/c1-21-14-7-8-17(22-2)15(11-14)19-10-9-16(20)12-3-5-13(18)6-4-12/h3-11,19H,1-2H3. The maximum Gasteiger partial charge on any atom is 0.187 e. The van der Waals surface area contributed by atoms with Crippen LogP contribution in [0.15, 0.2) is 54.7 Å². The Bertz CT molecular complexity index is 681. The van der Waals surface area contributed by atoms with E-state index in [1.807, 2.05) is 0 Å². The average Bonchev–Trinajstić information content (AvgIpc) is 2.55. The van der Waals surface area contributed by atoms with Gasteiger partial charge in [-0.1, -0.05) is 11.6 Å². The summed E-state index contributed by atoms with van der Waals surface area (Å²) in [6.07, 6.45) is 3.01. The van der Waals surface area contributed by atoms with Gasteiger partial charge in [-0.15, -0.1) is 0 Å². The lowest BCUT2D eigenvalue weighted by molar-refractivity contribution is 0.104. The molecule has 0 aliphatic carbocycles. The third-order valence-corrected chi connectivity index (χ3v) is 3.26. The Balaban J connectivity index is 2.08. The normalized spacial score (nSPS) is 10.5. The van der Waals surface area contributed by atoms with Gasteiger partial charge in [0.2, 0.25) is 0 Å². The lowest BCUT2D eigenvalue weighted by atomic mass is 10.1. The molecule has 0 radical (unpaired) electrons. The molecule has 0 fully saturated rings. The number of carbonyl (C=O) groups excluding carboxylic acids is 1. The molecule has 0 aliphatic rings. The largest absolute Gasteiger partial charge is 0.497 e. The SMILES string of the molecule is COc1ccc(OC)c(NC=CC(=O)c2ccc(Cl)cc2)c1. The van der Waals surface area contributed by atoms with E-state index in [-0.39, 0.29) is 5.78 Å². The number of allylic oxidation sites excluding steroid dienone is 1. The van der Waals surface area contributed by atoms with Crippen LogP contribution in [0.4, 0.5) is 5.69 Å². The fourth-order valence-corrected chi connectivity index (χ4v) is 1.97. The first-order valence-electron chi connectivity index (χ1n) is 6.59. The molecule has 22 heavy (non-hydrogen) atoms. The fourth-order valence-electron chi connectivity index (χ4n) is 1.84. The molecule has 0 aliphatic heterocycles. The van der Waals surface area contributed by atoms with E-state index in [0.29, 0.717) is 27.8 Å². The van der Waals surface area contributed by atoms with Crippen LogP contribution in [-0.2, 0) is 0 Å². The minimum Gasteiger partial charge on any atom is -0.497 e. The predicted octanol–water partition coefficient (Wildman–Crippen LogP) is 4.17. The van der Waals surface area contributed by atoms with Crippen molar-refractivity contribution in [2.24, 2.45) is 0 Å². The summed E-state index contributed by atoms with van der Waals surface area (Å²) in [5, 5.41) is 3.62. The first kappa shape index (κ1) is 15.9. The fraction of sp³-hybridized carbons (Fsp3) is 0.118. The highest BCUT2D eigenvalue weighted by molar-refractivity contribution is 6.30. The van der Waals surface area contributed by atoms with Crippen molar-refractivity contribution >= 4 is 23.1 Å². The van der Waals surface area contributed by atoms with Crippen LogP contribution in [0, 0.1) is 0 Å². The topological polar surface area (TPSA) is 47.6 Å². The second-order valence-electron chi connectivity index (χ2n) is 4.42. The van der Waals surface area contributed by atoms with Crippen molar-refractivity contribution < 1.29 is 14.3 Å². The number of ether oxygens (including phenoxy) is 2. The molecule has 2 rings (SSSR count). The van der Waals surface area contributed by atoms with Crippen LogP contribution in [0.2, 0.25) is 5.02 Å². The average molecular weight is 318 g/mol. The van der Waals surface area contributed by atoms with Gasteiger partial charge in [-0.25, -0.2) is 0 Å². The summed E-state index contributed by atoms with van der Waals surface area (Å²) in [5.74, 6) is 1.23. The van der Waals surface area contributed by atoms with Crippen LogP contribution in [0.3, 0.4) is 0 Å². The van der Waals surface area contributed by atoms with Crippen LogP contribution in [0.1, 0.15) is 10.4 Å². The van der Waals surface area contributed by atoms with E-state index in [0.717, 1.165) is 0 Å². The molecule has 0 saturated carbocycles. The number of hydrogen-bond acceptors (Lipinski definition) is 4. The van der Waals surface area contributed by atoms with Crippen molar-refractivity contribution in [3.63, 3.8) is 0 Å². The number of ketones is 1. The van der Waals surface area contributed by atoms with E-state index in [1.165, 1.54) is 6.08 Å². The Labute approximate surface area is 134 Å². The molecule has 0 atom stereocenters. The number of benzene rings is 2. The maximum atomic E-state index is 12.0. The van der Waals surface area contributed by atoms with Crippen molar-refractivity contribution in [1.29, 1.82) is 0 Å². The molecular formula is C17H16ClNO3. The first-order chi connectivity index (χ1) is 10.6. The van der Waals surface area contributed by atoms with Gasteiger partial charge in [-0.3, -0.25) is 4.79 Å². The van der Waals surface area contributed by atoms with Gasteiger partial charge in [-0.2, -0.15) is 0 Å². The maximum absolute atomic E-state index is 12.0.